The van der Waals surface area contributed by atoms with E-state index in [4.69, 9.17) is 4.74 Å². The molecule has 0 amide bonds. The van der Waals surface area contributed by atoms with Crippen LogP contribution in [0.2, 0.25) is 0 Å². The number of Topliss-reactive ketones (excluding diaryl/α,β-unsaturated/α-hetero) is 1. The predicted octanol–water partition coefficient (Wildman–Crippen LogP) is 2.93. The molecule has 0 radical (unpaired) electrons. The van der Waals surface area contributed by atoms with Crippen molar-refractivity contribution >= 4 is 5.78 Å². The van der Waals surface area contributed by atoms with Crippen molar-refractivity contribution in [3.05, 3.63) is 35.9 Å². The summed E-state index contributed by atoms with van der Waals surface area (Å²) in [7, 11) is 0. The Morgan fingerprint density at radius 1 is 1.22 bits per heavy atom. The molecule has 0 aliphatic heterocycles. The fourth-order valence-electron chi connectivity index (χ4n) is 2.42. The average Bonchev–Trinajstić information content (AvgIpc) is 2.39. The lowest BCUT2D eigenvalue weighted by Gasteiger charge is -2.30. The van der Waals surface area contributed by atoms with E-state index in [2.05, 4.69) is 0 Å². The Hall–Kier alpha value is -1.19. The van der Waals surface area contributed by atoms with Crippen molar-refractivity contribution in [2.75, 3.05) is 0 Å². The Morgan fingerprint density at radius 3 is 2.44 bits per heavy atom. The number of carbonyl (C=O) groups excluding carboxylic acids is 1. The summed E-state index contributed by atoms with van der Waals surface area (Å²) in [6.07, 6.45) is 5.30. The van der Waals surface area contributed by atoms with Gasteiger partial charge in [0.2, 0.25) is 11.6 Å². The van der Waals surface area contributed by atoms with Gasteiger partial charge in [-0.25, -0.2) is 0 Å². The van der Waals surface area contributed by atoms with Crippen molar-refractivity contribution in [2.45, 2.75) is 50.9 Å². The Bertz CT molecular complexity index is 391. The van der Waals surface area contributed by atoms with E-state index in [9.17, 15) is 9.90 Å². The molecule has 1 unspecified atom stereocenters. The van der Waals surface area contributed by atoms with E-state index >= 15 is 0 Å². The molecule has 1 N–H and O–H groups in total. The molecule has 1 atom stereocenters. The van der Waals surface area contributed by atoms with Crippen LogP contribution in [0, 0.1) is 0 Å². The second kappa shape index (κ2) is 5.63. The van der Waals surface area contributed by atoms with Gasteiger partial charge in [-0.2, -0.15) is 0 Å². The molecule has 0 aromatic heterocycles. The summed E-state index contributed by atoms with van der Waals surface area (Å²) < 4.78 is 5.60. The predicted molar refractivity (Wildman–Crippen MR) is 69.4 cm³/mol. The number of rotatable bonds is 4. The van der Waals surface area contributed by atoms with Crippen molar-refractivity contribution in [2.24, 2.45) is 0 Å². The summed E-state index contributed by atoms with van der Waals surface area (Å²) in [5.41, 5.74) is 0.485. The molecule has 1 aromatic rings. The van der Waals surface area contributed by atoms with Crippen molar-refractivity contribution in [3.8, 4) is 0 Å². The minimum Gasteiger partial charge on any atom is -0.359 e. The van der Waals surface area contributed by atoms with Crippen LogP contribution in [-0.4, -0.2) is 22.8 Å². The van der Waals surface area contributed by atoms with Crippen LogP contribution < -0.4 is 0 Å². The highest BCUT2D eigenvalue weighted by Gasteiger charge is 2.35. The van der Waals surface area contributed by atoms with Crippen LogP contribution in [-0.2, 0) is 4.74 Å². The molecule has 0 bridgehead atoms. The van der Waals surface area contributed by atoms with Crippen LogP contribution in [0.5, 0.6) is 0 Å². The first-order valence-electron chi connectivity index (χ1n) is 6.59. The molecule has 1 saturated carbocycles. The first-order chi connectivity index (χ1) is 8.59. The van der Waals surface area contributed by atoms with Crippen LogP contribution in [0.15, 0.2) is 30.3 Å². The Balaban J connectivity index is 2.03. The normalized spacial score (nSPS) is 20.3. The van der Waals surface area contributed by atoms with Gasteiger partial charge < -0.3 is 9.84 Å². The van der Waals surface area contributed by atoms with E-state index in [0.29, 0.717) is 5.56 Å². The molecule has 0 heterocycles. The zero-order chi connectivity index (χ0) is 13.0. The maximum Gasteiger partial charge on any atom is 0.228 e. The molecule has 0 saturated heterocycles. The smallest absolute Gasteiger partial charge is 0.228 e. The van der Waals surface area contributed by atoms with E-state index in [-0.39, 0.29) is 11.9 Å². The van der Waals surface area contributed by atoms with Gasteiger partial charge in [-0.1, -0.05) is 49.6 Å². The van der Waals surface area contributed by atoms with Gasteiger partial charge in [0.1, 0.15) is 0 Å². The molecule has 3 nitrogen and oxygen atoms in total. The summed E-state index contributed by atoms with van der Waals surface area (Å²) in [4.78, 5) is 12.2. The van der Waals surface area contributed by atoms with Crippen LogP contribution >= 0.6 is 0 Å². The number of carbonyl (C=O) groups is 1. The van der Waals surface area contributed by atoms with Gasteiger partial charge in [0.25, 0.3) is 0 Å². The number of hydrogen-bond donors (Lipinski definition) is 1. The second-order valence-electron chi connectivity index (χ2n) is 5.06. The highest BCUT2D eigenvalue weighted by Crippen LogP contribution is 2.25. The molecular formula is C15H20O3. The minimum atomic E-state index is -1.72. The minimum absolute atomic E-state index is 0.00131. The van der Waals surface area contributed by atoms with Crippen LogP contribution in [0.4, 0.5) is 0 Å². The molecule has 2 rings (SSSR count). The third-order valence-corrected chi connectivity index (χ3v) is 3.41. The summed E-state index contributed by atoms with van der Waals surface area (Å²) in [6, 6.07) is 8.80. The molecule has 0 spiro atoms. The van der Waals surface area contributed by atoms with Crippen molar-refractivity contribution in [1.29, 1.82) is 0 Å². The van der Waals surface area contributed by atoms with Gasteiger partial charge in [0.05, 0.1) is 6.10 Å². The van der Waals surface area contributed by atoms with Gasteiger partial charge in [-0.05, 0) is 19.8 Å². The largest absolute Gasteiger partial charge is 0.359 e. The van der Waals surface area contributed by atoms with Gasteiger partial charge >= 0.3 is 0 Å². The zero-order valence-corrected chi connectivity index (χ0v) is 10.8. The number of ether oxygens (including phenoxy) is 1. The molecule has 3 heteroatoms. The topological polar surface area (TPSA) is 46.5 Å². The number of benzene rings is 1. The summed E-state index contributed by atoms with van der Waals surface area (Å²) in [5, 5.41) is 10.2. The average molecular weight is 248 g/mol. The lowest BCUT2D eigenvalue weighted by Crippen LogP contribution is -2.42. The first kappa shape index (κ1) is 13.2. The maximum absolute atomic E-state index is 12.2. The molecule has 18 heavy (non-hydrogen) atoms. The standard InChI is InChI=1S/C15H20O3/c1-15(17,18-13-10-6-3-7-11-13)14(16)12-8-4-2-5-9-12/h2,4-5,8-9,13,17H,3,6-7,10-11H2,1H3. The fraction of sp³-hybridized carbons (Fsp3) is 0.533. The third kappa shape index (κ3) is 3.18. The van der Waals surface area contributed by atoms with Crippen molar-refractivity contribution in [1.82, 2.24) is 0 Å². The molecule has 1 fully saturated rings. The lowest BCUT2D eigenvalue weighted by atomic mass is 9.97. The molecule has 1 aliphatic rings. The van der Waals surface area contributed by atoms with E-state index in [0.717, 1.165) is 25.7 Å². The van der Waals surface area contributed by atoms with Crippen molar-refractivity contribution in [3.63, 3.8) is 0 Å². The van der Waals surface area contributed by atoms with Crippen LogP contribution in [0.3, 0.4) is 0 Å². The van der Waals surface area contributed by atoms with E-state index in [1.807, 2.05) is 6.07 Å². The summed E-state index contributed by atoms with van der Waals surface area (Å²) in [5.74, 6) is -2.09. The van der Waals surface area contributed by atoms with E-state index in [1.165, 1.54) is 13.3 Å². The summed E-state index contributed by atoms with van der Waals surface area (Å²) >= 11 is 0. The molecule has 98 valence electrons. The van der Waals surface area contributed by atoms with E-state index in [1.54, 1.807) is 24.3 Å². The maximum atomic E-state index is 12.2. The summed E-state index contributed by atoms with van der Waals surface area (Å²) in [6.45, 7) is 1.44. The monoisotopic (exact) mass is 248 g/mol. The molecular weight excluding hydrogens is 228 g/mol. The highest BCUT2D eigenvalue weighted by atomic mass is 16.6. The Morgan fingerprint density at radius 2 is 1.83 bits per heavy atom. The quantitative estimate of drug-likeness (QED) is 0.658. The number of ketones is 1. The van der Waals surface area contributed by atoms with Gasteiger partial charge in [-0.3, -0.25) is 4.79 Å². The highest BCUT2D eigenvalue weighted by molar-refractivity contribution is 6.00. The number of aliphatic hydroxyl groups is 1. The molecule has 1 aromatic carbocycles. The first-order valence-corrected chi connectivity index (χ1v) is 6.59. The Kier molecular flexibility index (Phi) is 4.15. The fourth-order valence-corrected chi connectivity index (χ4v) is 2.42. The van der Waals surface area contributed by atoms with Gasteiger partial charge in [0, 0.05) is 5.56 Å². The molecule has 1 aliphatic carbocycles. The van der Waals surface area contributed by atoms with Crippen molar-refractivity contribution < 1.29 is 14.6 Å². The zero-order valence-electron chi connectivity index (χ0n) is 10.8. The van der Waals surface area contributed by atoms with Gasteiger partial charge in [-0.15, -0.1) is 0 Å². The SMILES string of the molecule is CC(O)(OC1CCCCC1)C(=O)c1ccccc1. The Labute approximate surface area is 108 Å². The number of hydrogen-bond acceptors (Lipinski definition) is 3. The second-order valence-corrected chi connectivity index (χ2v) is 5.06. The third-order valence-electron chi connectivity index (χ3n) is 3.41. The lowest BCUT2D eigenvalue weighted by molar-refractivity contribution is -0.188. The van der Waals surface area contributed by atoms with Crippen LogP contribution in [0.1, 0.15) is 49.4 Å². The van der Waals surface area contributed by atoms with Crippen LogP contribution in [0.25, 0.3) is 0 Å². The van der Waals surface area contributed by atoms with E-state index < -0.39 is 5.79 Å². The van der Waals surface area contributed by atoms with Gasteiger partial charge in [0.15, 0.2) is 0 Å².